The molecular weight excluding hydrogens is 382 g/mol. The molecule has 0 amide bonds. The summed E-state index contributed by atoms with van der Waals surface area (Å²) in [7, 11) is -3.67. The third-order valence-electron chi connectivity index (χ3n) is 4.50. The Hall–Kier alpha value is -1.54. The molecule has 0 saturated carbocycles. The molecule has 146 valence electrons. The topological polar surface area (TPSA) is 64.6 Å². The van der Waals surface area contributed by atoms with Crippen molar-refractivity contribution >= 4 is 21.8 Å². The SMILES string of the molecule is CCOc1ccccc1S(=O)(=O)NCC1(Sc2ccccc2)CCOCC1. The van der Waals surface area contributed by atoms with Crippen LogP contribution >= 0.6 is 11.8 Å². The second-order valence-corrected chi connectivity index (χ2v) is 9.69. The van der Waals surface area contributed by atoms with Crippen molar-refractivity contribution in [2.75, 3.05) is 26.4 Å². The summed E-state index contributed by atoms with van der Waals surface area (Å²) in [4.78, 5) is 1.31. The molecule has 0 atom stereocenters. The first-order valence-corrected chi connectivity index (χ1v) is 11.4. The molecule has 1 N–H and O–H groups in total. The number of rotatable bonds is 8. The van der Waals surface area contributed by atoms with Crippen molar-refractivity contribution in [3.8, 4) is 5.75 Å². The van der Waals surface area contributed by atoms with Gasteiger partial charge in [0.2, 0.25) is 10.0 Å². The first kappa shape index (κ1) is 20.2. The number of nitrogens with one attached hydrogen (secondary N) is 1. The smallest absolute Gasteiger partial charge is 0.244 e. The van der Waals surface area contributed by atoms with Gasteiger partial charge in [0, 0.05) is 29.4 Å². The lowest BCUT2D eigenvalue weighted by atomic mass is 9.99. The van der Waals surface area contributed by atoms with E-state index in [-0.39, 0.29) is 9.64 Å². The second-order valence-electron chi connectivity index (χ2n) is 6.41. The van der Waals surface area contributed by atoms with E-state index in [0.29, 0.717) is 32.1 Å². The van der Waals surface area contributed by atoms with Crippen LogP contribution in [0.4, 0.5) is 0 Å². The highest BCUT2D eigenvalue weighted by Crippen LogP contribution is 2.40. The molecule has 1 heterocycles. The molecule has 27 heavy (non-hydrogen) atoms. The van der Waals surface area contributed by atoms with Gasteiger partial charge in [-0.25, -0.2) is 13.1 Å². The van der Waals surface area contributed by atoms with Gasteiger partial charge in [-0.2, -0.15) is 0 Å². The van der Waals surface area contributed by atoms with Crippen molar-refractivity contribution < 1.29 is 17.9 Å². The number of benzene rings is 2. The van der Waals surface area contributed by atoms with E-state index in [2.05, 4.69) is 16.9 Å². The van der Waals surface area contributed by atoms with E-state index in [1.807, 2.05) is 25.1 Å². The van der Waals surface area contributed by atoms with E-state index < -0.39 is 10.0 Å². The zero-order chi connectivity index (χ0) is 19.2. The van der Waals surface area contributed by atoms with Crippen LogP contribution < -0.4 is 9.46 Å². The number of para-hydroxylation sites is 1. The minimum atomic E-state index is -3.67. The van der Waals surface area contributed by atoms with Gasteiger partial charge in [0.25, 0.3) is 0 Å². The molecule has 0 aliphatic carbocycles. The number of hydrogen-bond acceptors (Lipinski definition) is 5. The maximum atomic E-state index is 12.9. The van der Waals surface area contributed by atoms with E-state index in [1.165, 1.54) is 0 Å². The summed E-state index contributed by atoms with van der Waals surface area (Å²) in [5, 5.41) is 0. The average Bonchev–Trinajstić information content (AvgIpc) is 2.69. The zero-order valence-electron chi connectivity index (χ0n) is 15.4. The highest BCUT2D eigenvalue weighted by molar-refractivity contribution is 8.00. The van der Waals surface area contributed by atoms with Crippen LogP contribution in [-0.2, 0) is 14.8 Å². The van der Waals surface area contributed by atoms with Crippen molar-refractivity contribution in [3.63, 3.8) is 0 Å². The molecule has 0 unspecified atom stereocenters. The Balaban J connectivity index is 1.79. The van der Waals surface area contributed by atoms with Crippen LogP contribution in [0.1, 0.15) is 19.8 Å². The summed E-state index contributed by atoms with van der Waals surface area (Å²) in [6, 6.07) is 16.8. The Morgan fingerprint density at radius 1 is 1.07 bits per heavy atom. The van der Waals surface area contributed by atoms with Crippen molar-refractivity contribution in [2.24, 2.45) is 0 Å². The van der Waals surface area contributed by atoms with Crippen LogP contribution in [0.5, 0.6) is 5.75 Å². The standard InChI is InChI=1S/C20H25NO4S2/c1-2-25-18-10-6-7-11-19(18)27(22,23)21-16-20(12-14-24-15-13-20)26-17-8-4-3-5-9-17/h3-11,21H,2,12-16H2,1H3. The van der Waals surface area contributed by atoms with Gasteiger partial charge in [-0.15, -0.1) is 11.8 Å². The molecule has 3 rings (SSSR count). The summed E-state index contributed by atoms with van der Waals surface area (Å²) in [6.45, 7) is 3.87. The van der Waals surface area contributed by atoms with Crippen molar-refractivity contribution in [3.05, 3.63) is 54.6 Å². The molecule has 5 nitrogen and oxygen atoms in total. The van der Waals surface area contributed by atoms with Crippen LogP contribution in [-0.4, -0.2) is 39.5 Å². The van der Waals surface area contributed by atoms with Crippen LogP contribution in [0, 0.1) is 0 Å². The van der Waals surface area contributed by atoms with Crippen molar-refractivity contribution in [2.45, 2.75) is 34.3 Å². The fourth-order valence-electron chi connectivity index (χ4n) is 3.05. The van der Waals surface area contributed by atoms with Gasteiger partial charge in [-0.1, -0.05) is 30.3 Å². The van der Waals surface area contributed by atoms with E-state index >= 15 is 0 Å². The Morgan fingerprint density at radius 3 is 2.44 bits per heavy atom. The Bertz CT molecular complexity index is 834. The summed E-state index contributed by atoms with van der Waals surface area (Å²) in [5.74, 6) is 0.379. The maximum Gasteiger partial charge on any atom is 0.244 e. The second kappa shape index (κ2) is 9.10. The molecule has 1 aliphatic heterocycles. The third kappa shape index (κ3) is 5.25. The molecule has 1 fully saturated rings. The van der Waals surface area contributed by atoms with Crippen LogP contribution in [0.15, 0.2) is 64.4 Å². The Labute approximate surface area is 165 Å². The highest BCUT2D eigenvalue weighted by Gasteiger charge is 2.35. The van der Waals surface area contributed by atoms with Gasteiger partial charge in [0.05, 0.1) is 6.61 Å². The Morgan fingerprint density at radius 2 is 1.74 bits per heavy atom. The maximum absolute atomic E-state index is 12.9. The normalized spacial score (nSPS) is 16.8. The van der Waals surface area contributed by atoms with Gasteiger partial charge in [-0.3, -0.25) is 0 Å². The van der Waals surface area contributed by atoms with Gasteiger partial charge < -0.3 is 9.47 Å². The molecule has 7 heteroatoms. The zero-order valence-corrected chi connectivity index (χ0v) is 17.0. The quantitative estimate of drug-likeness (QED) is 0.723. The lowest BCUT2D eigenvalue weighted by molar-refractivity contribution is 0.0784. The van der Waals surface area contributed by atoms with E-state index in [9.17, 15) is 8.42 Å². The third-order valence-corrected chi connectivity index (χ3v) is 7.44. The average molecular weight is 408 g/mol. The molecule has 1 aliphatic rings. The first-order chi connectivity index (χ1) is 13.0. The largest absolute Gasteiger partial charge is 0.492 e. The van der Waals surface area contributed by atoms with Crippen LogP contribution in [0.3, 0.4) is 0 Å². The van der Waals surface area contributed by atoms with Gasteiger partial charge in [0.15, 0.2) is 0 Å². The minimum absolute atomic E-state index is 0.179. The lowest BCUT2D eigenvalue weighted by Gasteiger charge is -2.36. The summed E-state index contributed by atoms with van der Waals surface area (Å²) < 4.78 is 39.5. The van der Waals surface area contributed by atoms with Gasteiger partial charge in [0.1, 0.15) is 10.6 Å². The first-order valence-electron chi connectivity index (χ1n) is 9.08. The number of sulfonamides is 1. The predicted molar refractivity (Wildman–Crippen MR) is 108 cm³/mol. The van der Waals surface area contributed by atoms with E-state index in [0.717, 1.165) is 17.7 Å². The van der Waals surface area contributed by atoms with Gasteiger partial charge >= 0.3 is 0 Å². The number of thioether (sulfide) groups is 1. The summed E-state index contributed by atoms with van der Waals surface area (Å²) in [6.07, 6.45) is 1.59. The van der Waals surface area contributed by atoms with Crippen molar-refractivity contribution in [1.29, 1.82) is 0 Å². The van der Waals surface area contributed by atoms with E-state index in [4.69, 9.17) is 9.47 Å². The molecular formula is C20H25NO4S2. The molecule has 0 spiro atoms. The number of hydrogen-bond donors (Lipinski definition) is 1. The van der Waals surface area contributed by atoms with Crippen molar-refractivity contribution in [1.82, 2.24) is 4.72 Å². The number of ether oxygens (including phenoxy) is 2. The molecule has 1 saturated heterocycles. The minimum Gasteiger partial charge on any atom is -0.492 e. The fourth-order valence-corrected chi connectivity index (χ4v) is 5.72. The molecule has 0 radical (unpaired) electrons. The molecule has 2 aromatic carbocycles. The fraction of sp³-hybridized carbons (Fsp3) is 0.400. The summed E-state index contributed by atoms with van der Waals surface area (Å²) in [5.41, 5.74) is 0. The van der Waals surface area contributed by atoms with Crippen LogP contribution in [0.2, 0.25) is 0 Å². The van der Waals surface area contributed by atoms with Gasteiger partial charge in [-0.05, 0) is 44.0 Å². The molecule has 0 bridgehead atoms. The lowest BCUT2D eigenvalue weighted by Crippen LogP contribution is -2.44. The molecule has 0 aromatic heterocycles. The molecule has 2 aromatic rings. The van der Waals surface area contributed by atoms with Crippen LogP contribution in [0.25, 0.3) is 0 Å². The Kier molecular flexibility index (Phi) is 6.81. The summed E-state index contributed by atoms with van der Waals surface area (Å²) >= 11 is 1.72. The monoisotopic (exact) mass is 407 g/mol. The van der Waals surface area contributed by atoms with E-state index in [1.54, 1.807) is 36.0 Å². The predicted octanol–water partition coefficient (Wildman–Crippen LogP) is 3.71. The highest BCUT2D eigenvalue weighted by atomic mass is 32.2.